The molecule has 0 saturated carbocycles. The lowest BCUT2D eigenvalue weighted by molar-refractivity contribution is 0.140. The number of nitrogens with zero attached hydrogens (tertiary/aromatic N) is 2. The van der Waals surface area contributed by atoms with Gasteiger partial charge in [-0.3, -0.25) is 9.88 Å². The number of benzene rings is 1. The van der Waals surface area contributed by atoms with Crippen molar-refractivity contribution in [1.82, 2.24) is 14.9 Å². The summed E-state index contributed by atoms with van der Waals surface area (Å²) < 4.78 is 13.0. The van der Waals surface area contributed by atoms with Crippen LogP contribution in [-0.4, -0.2) is 40.7 Å². The topological polar surface area (TPSA) is 31.9 Å². The first-order valence-corrected chi connectivity index (χ1v) is 11.3. The third-order valence-electron chi connectivity index (χ3n) is 6.80. The average molecular weight is 408 g/mol. The molecule has 1 unspecified atom stereocenters. The molecule has 1 saturated heterocycles. The Kier molecular flexibility index (Phi) is 5.97. The zero-order chi connectivity index (χ0) is 21.4. The predicted octanol–water partition coefficient (Wildman–Crippen LogP) is 6.51. The smallest absolute Gasteiger partial charge is 0.105 e. The van der Waals surface area contributed by atoms with Gasteiger partial charge in [-0.25, -0.2) is 4.39 Å². The summed E-state index contributed by atoms with van der Waals surface area (Å²) in [5.74, 6) is 0.977. The molecule has 1 aliphatic rings. The third-order valence-corrected chi connectivity index (χ3v) is 6.80. The molecule has 4 rings (SSSR count). The Morgan fingerprint density at radius 2 is 1.87 bits per heavy atom. The number of likely N-dealkylation sites (tertiary alicyclic amines) is 1. The Morgan fingerprint density at radius 3 is 2.53 bits per heavy atom. The van der Waals surface area contributed by atoms with Crippen LogP contribution in [0.15, 0.2) is 30.5 Å². The number of aromatic nitrogens is 2. The molecule has 160 valence electrons. The van der Waals surface area contributed by atoms with Gasteiger partial charge in [0.2, 0.25) is 0 Å². The van der Waals surface area contributed by atoms with Gasteiger partial charge < -0.3 is 4.98 Å². The molecule has 0 spiro atoms. The Labute approximate surface area is 179 Å². The number of pyridine rings is 1. The molecule has 3 heterocycles. The molecule has 0 amide bonds. The van der Waals surface area contributed by atoms with E-state index < -0.39 is 0 Å². The minimum absolute atomic E-state index is 0.0419. The standard InChI is InChI=1S/C26H34FN3/c1-16(2)25-23-13-21(20-8-10-30(11-9-20)19(5)14-27)6-7-24(23)29-26(25)22-12-18(4)28-15-17(22)3/h6-7,12-13,15-16,19-20,29H,8-11,14H2,1-5H3. The van der Waals surface area contributed by atoms with Gasteiger partial charge in [0.25, 0.3) is 0 Å². The molecule has 0 bridgehead atoms. The van der Waals surface area contributed by atoms with Crippen LogP contribution in [0.3, 0.4) is 0 Å². The van der Waals surface area contributed by atoms with Gasteiger partial charge in [0.1, 0.15) is 6.67 Å². The summed E-state index contributed by atoms with van der Waals surface area (Å²) in [6, 6.07) is 9.18. The van der Waals surface area contributed by atoms with Crippen LogP contribution in [0.5, 0.6) is 0 Å². The number of fused-ring (bicyclic) bond motifs is 1. The quantitative estimate of drug-likeness (QED) is 0.523. The van der Waals surface area contributed by atoms with Gasteiger partial charge in [-0.2, -0.15) is 0 Å². The summed E-state index contributed by atoms with van der Waals surface area (Å²) in [4.78, 5) is 10.5. The van der Waals surface area contributed by atoms with Gasteiger partial charge in [-0.05, 0) is 93.4 Å². The minimum atomic E-state index is -0.256. The predicted molar refractivity (Wildman–Crippen MR) is 124 cm³/mol. The Hall–Kier alpha value is -2.20. The van der Waals surface area contributed by atoms with E-state index >= 15 is 0 Å². The highest BCUT2D eigenvalue weighted by molar-refractivity contribution is 5.92. The van der Waals surface area contributed by atoms with Crippen LogP contribution in [-0.2, 0) is 0 Å². The van der Waals surface area contributed by atoms with Gasteiger partial charge in [0, 0.05) is 34.4 Å². The number of hydrogen-bond acceptors (Lipinski definition) is 2. The summed E-state index contributed by atoms with van der Waals surface area (Å²) in [6.07, 6.45) is 4.18. The van der Waals surface area contributed by atoms with E-state index in [0.29, 0.717) is 11.8 Å². The molecule has 4 heteroatoms. The molecule has 1 atom stereocenters. The van der Waals surface area contributed by atoms with Crippen LogP contribution in [0.1, 0.15) is 67.8 Å². The highest BCUT2D eigenvalue weighted by atomic mass is 19.1. The second-order valence-corrected chi connectivity index (χ2v) is 9.33. The van der Waals surface area contributed by atoms with Crippen molar-refractivity contribution >= 4 is 10.9 Å². The minimum Gasteiger partial charge on any atom is -0.354 e. The number of aryl methyl sites for hydroxylation is 2. The molecule has 3 aromatic rings. The van der Waals surface area contributed by atoms with Crippen LogP contribution >= 0.6 is 0 Å². The number of piperidine rings is 1. The Morgan fingerprint density at radius 1 is 1.13 bits per heavy atom. The molecule has 30 heavy (non-hydrogen) atoms. The lowest BCUT2D eigenvalue weighted by Crippen LogP contribution is -2.40. The molecular formula is C26H34FN3. The Balaban J connectivity index is 1.71. The SMILES string of the molecule is Cc1cc(-c2[nH]c3ccc(C4CCN(C(C)CF)CC4)cc3c2C(C)C)c(C)cn1. The molecule has 3 nitrogen and oxygen atoms in total. The molecule has 0 radical (unpaired) electrons. The monoisotopic (exact) mass is 407 g/mol. The van der Waals surface area contributed by atoms with Crippen LogP contribution in [0.2, 0.25) is 0 Å². The fraction of sp³-hybridized carbons (Fsp3) is 0.500. The second-order valence-electron chi connectivity index (χ2n) is 9.33. The number of halogens is 1. The van der Waals surface area contributed by atoms with Crippen molar-refractivity contribution in [2.24, 2.45) is 0 Å². The molecule has 1 aliphatic heterocycles. The van der Waals surface area contributed by atoms with Crippen molar-refractivity contribution in [2.75, 3.05) is 19.8 Å². The molecule has 1 fully saturated rings. The van der Waals surface area contributed by atoms with Crippen molar-refractivity contribution < 1.29 is 4.39 Å². The first kappa shape index (κ1) is 21.0. The second kappa shape index (κ2) is 8.50. The fourth-order valence-electron chi connectivity index (χ4n) is 4.97. The van der Waals surface area contributed by atoms with Crippen molar-refractivity contribution in [3.05, 3.63) is 52.8 Å². The van der Waals surface area contributed by atoms with E-state index in [1.165, 1.54) is 38.9 Å². The van der Waals surface area contributed by atoms with E-state index in [1.807, 2.05) is 13.1 Å². The highest BCUT2D eigenvalue weighted by Gasteiger charge is 2.25. The first-order chi connectivity index (χ1) is 14.4. The largest absolute Gasteiger partial charge is 0.354 e. The number of hydrogen-bond donors (Lipinski definition) is 1. The summed E-state index contributed by atoms with van der Waals surface area (Å²) in [5.41, 5.74) is 8.73. The van der Waals surface area contributed by atoms with Gasteiger partial charge in [0.05, 0.1) is 5.69 Å². The van der Waals surface area contributed by atoms with Gasteiger partial charge >= 0.3 is 0 Å². The maximum absolute atomic E-state index is 13.0. The molecule has 0 aliphatic carbocycles. The number of alkyl halides is 1. The average Bonchev–Trinajstić information content (AvgIpc) is 3.13. The number of rotatable bonds is 5. The number of nitrogens with one attached hydrogen (secondary N) is 1. The van der Waals surface area contributed by atoms with Crippen molar-refractivity contribution in [1.29, 1.82) is 0 Å². The summed E-state index contributed by atoms with van der Waals surface area (Å²) in [5, 5.41) is 1.34. The third kappa shape index (κ3) is 3.90. The zero-order valence-corrected chi connectivity index (χ0v) is 18.9. The summed E-state index contributed by atoms with van der Waals surface area (Å²) in [6.45, 7) is 12.4. The Bertz CT molecular complexity index is 1030. The van der Waals surface area contributed by atoms with Crippen LogP contribution in [0.25, 0.3) is 22.2 Å². The van der Waals surface area contributed by atoms with Crippen LogP contribution in [0.4, 0.5) is 4.39 Å². The summed E-state index contributed by atoms with van der Waals surface area (Å²) >= 11 is 0. The van der Waals surface area contributed by atoms with E-state index in [2.05, 4.69) is 66.8 Å². The molecule has 1 N–H and O–H groups in total. The van der Waals surface area contributed by atoms with Gasteiger partial charge in [-0.1, -0.05) is 19.9 Å². The highest BCUT2D eigenvalue weighted by Crippen LogP contribution is 2.39. The maximum Gasteiger partial charge on any atom is 0.105 e. The maximum atomic E-state index is 13.0. The van der Waals surface area contributed by atoms with Crippen molar-refractivity contribution in [2.45, 2.75) is 65.3 Å². The summed E-state index contributed by atoms with van der Waals surface area (Å²) in [7, 11) is 0. The van der Waals surface area contributed by atoms with E-state index in [9.17, 15) is 4.39 Å². The van der Waals surface area contributed by atoms with E-state index in [4.69, 9.17) is 0 Å². The van der Waals surface area contributed by atoms with Crippen molar-refractivity contribution in [3.8, 4) is 11.3 Å². The van der Waals surface area contributed by atoms with Crippen LogP contribution in [0, 0.1) is 13.8 Å². The lowest BCUT2D eigenvalue weighted by Gasteiger charge is -2.35. The molecule has 2 aromatic heterocycles. The molecule has 1 aromatic carbocycles. The molecular weight excluding hydrogens is 373 g/mol. The number of aromatic amines is 1. The van der Waals surface area contributed by atoms with Gasteiger partial charge in [-0.15, -0.1) is 0 Å². The zero-order valence-electron chi connectivity index (χ0n) is 18.9. The lowest BCUT2D eigenvalue weighted by atomic mass is 9.87. The van der Waals surface area contributed by atoms with Gasteiger partial charge in [0.15, 0.2) is 0 Å². The van der Waals surface area contributed by atoms with Crippen molar-refractivity contribution in [3.63, 3.8) is 0 Å². The first-order valence-electron chi connectivity index (χ1n) is 11.3. The van der Waals surface area contributed by atoms with E-state index in [1.54, 1.807) is 0 Å². The number of H-pyrrole nitrogens is 1. The van der Waals surface area contributed by atoms with E-state index in [-0.39, 0.29) is 12.7 Å². The van der Waals surface area contributed by atoms with Crippen LogP contribution < -0.4 is 0 Å². The normalized spacial score (nSPS) is 17.2. The van der Waals surface area contributed by atoms with E-state index in [0.717, 1.165) is 31.6 Å². The fourth-order valence-corrected chi connectivity index (χ4v) is 4.97.